The molecule has 0 unspecified atom stereocenters. The fourth-order valence-corrected chi connectivity index (χ4v) is 5.87. The molecule has 3 heterocycles. The molecule has 1 fully saturated rings. The van der Waals surface area contributed by atoms with Gasteiger partial charge in [0, 0.05) is 18.4 Å². The largest absolute Gasteiger partial charge is 0.505 e. The Balaban J connectivity index is 1.41. The van der Waals surface area contributed by atoms with E-state index in [2.05, 4.69) is 15.5 Å². The molecule has 0 saturated carbocycles. The first-order chi connectivity index (χ1) is 23.6. The number of hydrogen-bond donors (Lipinski definition) is 4. The SMILES string of the molecule is CO[C@@H]1[C@@H](OC(=O)c2ccc(C)[nH]2)[C@@H](O)[C@H](Oc2ccc3c(O)c(NC(=O)c4ccc(N=O)c(CC=C(C)C)c4)c(=O)oc3c2Cl)OC1(C)C. The summed E-state index contributed by atoms with van der Waals surface area (Å²) >= 11 is 6.59. The number of aliphatic hydroxyl groups excluding tert-OH is 1. The van der Waals surface area contributed by atoms with Gasteiger partial charge in [-0.2, -0.15) is 0 Å². The van der Waals surface area contributed by atoms with E-state index in [-0.39, 0.29) is 38.7 Å². The van der Waals surface area contributed by atoms with Crippen LogP contribution in [-0.2, 0) is 20.6 Å². The second-order valence-electron chi connectivity index (χ2n) is 12.5. The van der Waals surface area contributed by atoms with Gasteiger partial charge in [0.15, 0.2) is 29.2 Å². The monoisotopic (exact) mass is 709 g/mol. The van der Waals surface area contributed by atoms with E-state index in [0.717, 1.165) is 11.3 Å². The summed E-state index contributed by atoms with van der Waals surface area (Å²) in [5.74, 6) is -2.22. The van der Waals surface area contributed by atoms with Gasteiger partial charge in [0.2, 0.25) is 6.29 Å². The van der Waals surface area contributed by atoms with E-state index in [1.54, 1.807) is 32.9 Å². The molecule has 1 aliphatic rings. The van der Waals surface area contributed by atoms with Gasteiger partial charge in [0.25, 0.3) is 5.91 Å². The quantitative estimate of drug-likeness (QED) is 0.0646. The van der Waals surface area contributed by atoms with Gasteiger partial charge in [-0.25, -0.2) is 9.59 Å². The molecule has 5 rings (SSSR count). The number of amides is 1. The number of H-pyrrole nitrogens is 1. The molecule has 4 aromatic rings. The number of allylic oxidation sites excluding steroid dienone is 2. The van der Waals surface area contributed by atoms with Crippen LogP contribution in [0.15, 0.2) is 68.5 Å². The number of anilines is 1. The van der Waals surface area contributed by atoms with E-state index < -0.39 is 59.1 Å². The Hall–Kier alpha value is -5.02. The lowest BCUT2D eigenvalue weighted by atomic mass is 9.89. The molecule has 1 amide bonds. The number of ether oxygens (including phenoxy) is 4. The highest BCUT2D eigenvalue weighted by Gasteiger charge is 2.53. The van der Waals surface area contributed by atoms with Crippen molar-refractivity contribution < 1.29 is 43.2 Å². The van der Waals surface area contributed by atoms with E-state index in [4.69, 9.17) is 35.0 Å². The molecule has 264 valence electrons. The third kappa shape index (κ3) is 7.28. The summed E-state index contributed by atoms with van der Waals surface area (Å²) in [6.45, 7) is 8.87. The summed E-state index contributed by atoms with van der Waals surface area (Å²) in [6.07, 6.45) is -2.95. The zero-order chi connectivity index (χ0) is 36.5. The molecule has 0 bridgehead atoms. The Morgan fingerprint density at radius 2 is 1.90 bits per heavy atom. The van der Waals surface area contributed by atoms with E-state index in [0.29, 0.717) is 12.0 Å². The minimum atomic E-state index is -1.57. The number of hydrogen-bond acceptors (Lipinski definition) is 12. The number of aryl methyl sites for hydroxylation is 1. The second-order valence-corrected chi connectivity index (χ2v) is 12.9. The highest BCUT2D eigenvalue weighted by atomic mass is 35.5. The van der Waals surface area contributed by atoms with Gasteiger partial charge >= 0.3 is 11.6 Å². The number of aromatic nitrogens is 1. The molecule has 0 aliphatic carbocycles. The number of nitroso groups, excluding NO2 is 1. The van der Waals surface area contributed by atoms with Crippen LogP contribution in [0.3, 0.4) is 0 Å². The molecule has 1 saturated heterocycles. The molecule has 0 spiro atoms. The Bertz CT molecular complexity index is 2050. The maximum atomic E-state index is 13.1. The van der Waals surface area contributed by atoms with E-state index in [9.17, 15) is 29.5 Å². The number of nitrogens with zero attached hydrogens (tertiary/aromatic N) is 1. The Kier molecular flexibility index (Phi) is 10.5. The molecule has 4 N–H and O–H groups in total. The van der Waals surface area contributed by atoms with Crippen molar-refractivity contribution in [3.8, 4) is 11.5 Å². The van der Waals surface area contributed by atoms with Gasteiger partial charge in [-0.15, -0.1) is 4.91 Å². The van der Waals surface area contributed by atoms with Crippen molar-refractivity contribution in [2.45, 2.75) is 71.2 Å². The van der Waals surface area contributed by atoms with Crippen molar-refractivity contribution in [2.24, 2.45) is 5.18 Å². The summed E-state index contributed by atoms with van der Waals surface area (Å²) in [4.78, 5) is 53.3. The third-order valence-electron chi connectivity index (χ3n) is 8.17. The van der Waals surface area contributed by atoms with Crippen LogP contribution in [0.2, 0.25) is 5.02 Å². The van der Waals surface area contributed by atoms with Crippen LogP contribution >= 0.6 is 11.6 Å². The van der Waals surface area contributed by atoms with Gasteiger partial charge in [-0.05, 0) is 94.2 Å². The number of benzene rings is 2. The Labute approximate surface area is 290 Å². The van der Waals surface area contributed by atoms with Gasteiger partial charge < -0.3 is 43.9 Å². The first kappa shape index (κ1) is 36.3. The van der Waals surface area contributed by atoms with Gasteiger partial charge in [0.1, 0.15) is 28.3 Å². The fraction of sp³-hybridized carbons (Fsp3) is 0.343. The molecule has 50 heavy (non-hydrogen) atoms. The van der Waals surface area contributed by atoms with Crippen molar-refractivity contribution >= 4 is 45.8 Å². The van der Waals surface area contributed by atoms with Crippen LogP contribution in [0.25, 0.3) is 11.0 Å². The first-order valence-corrected chi connectivity index (χ1v) is 15.8. The summed E-state index contributed by atoms with van der Waals surface area (Å²) < 4.78 is 28.6. The van der Waals surface area contributed by atoms with Crippen molar-refractivity contribution in [2.75, 3.05) is 12.4 Å². The maximum Gasteiger partial charge on any atom is 0.364 e. The van der Waals surface area contributed by atoms with Gasteiger partial charge in [0.05, 0.1) is 11.0 Å². The number of aromatic amines is 1. The summed E-state index contributed by atoms with van der Waals surface area (Å²) in [5.41, 5.74) is -0.418. The molecular weight excluding hydrogens is 674 g/mol. The average molecular weight is 710 g/mol. The summed E-state index contributed by atoms with van der Waals surface area (Å²) in [6, 6.07) is 10.1. The standard InChI is InChI=1S/C35H36ClN3O11/c1-16(2)7-9-18-15-19(10-13-21(18)39-45)31(42)38-25-26(40)20-11-14-23(24(36)28(20)48-33(25)44)47-34-27(41)29(30(46-6)35(4,5)50-34)49-32(43)22-12-8-17(3)37-22/h7-8,10-15,27,29-30,34,37,40-41H,9H2,1-6H3,(H,38,42)/t27-,29+,30-,34-/m1/s1. The number of carbonyl (C=O) groups is 2. The van der Waals surface area contributed by atoms with E-state index in [1.165, 1.54) is 37.4 Å². The number of aliphatic hydroxyl groups is 1. The number of halogens is 1. The number of methoxy groups -OCH3 is 1. The number of nitrogens with one attached hydrogen (secondary N) is 2. The van der Waals surface area contributed by atoms with Crippen LogP contribution in [0.4, 0.5) is 11.4 Å². The lowest BCUT2D eigenvalue weighted by molar-refractivity contribution is -0.305. The molecule has 4 atom stereocenters. The minimum Gasteiger partial charge on any atom is -0.505 e. The van der Waals surface area contributed by atoms with Crippen LogP contribution in [0.5, 0.6) is 11.5 Å². The van der Waals surface area contributed by atoms with Crippen LogP contribution in [-0.4, -0.2) is 64.4 Å². The molecule has 2 aromatic carbocycles. The number of esters is 1. The Morgan fingerprint density at radius 1 is 1.16 bits per heavy atom. The predicted octanol–water partition coefficient (Wildman–Crippen LogP) is 6.06. The summed E-state index contributed by atoms with van der Waals surface area (Å²) in [7, 11) is 1.39. The van der Waals surface area contributed by atoms with E-state index >= 15 is 0 Å². The molecule has 2 aromatic heterocycles. The third-order valence-corrected chi connectivity index (χ3v) is 8.53. The average Bonchev–Trinajstić information content (AvgIpc) is 3.51. The highest BCUT2D eigenvalue weighted by molar-refractivity contribution is 6.36. The number of fused-ring (bicyclic) bond motifs is 1. The van der Waals surface area contributed by atoms with Crippen LogP contribution in [0, 0.1) is 11.8 Å². The van der Waals surface area contributed by atoms with E-state index in [1.807, 2.05) is 19.9 Å². The molecule has 14 nitrogen and oxygen atoms in total. The molecule has 1 aliphatic heterocycles. The van der Waals surface area contributed by atoms with Gasteiger partial charge in [-0.1, -0.05) is 23.3 Å². The first-order valence-electron chi connectivity index (χ1n) is 15.5. The van der Waals surface area contributed by atoms with Crippen molar-refractivity contribution in [1.29, 1.82) is 0 Å². The summed E-state index contributed by atoms with van der Waals surface area (Å²) in [5, 5.41) is 27.4. The molecular formula is C35H36ClN3O11. The lowest BCUT2D eigenvalue weighted by Gasteiger charge is -2.47. The normalized spacial score (nSPS) is 19.8. The predicted molar refractivity (Wildman–Crippen MR) is 183 cm³/mol. The minimum absolute atomic E-state index is 0.0417. The number of carbonyl (C=O) groups excluding carboxylic acids is 2. The van der Waals surface area contributed by atoms with Crippen molar-refractivity contribution in [3.05, 3.63) is 97.0 Å². The van der Waals surface area contributed by atoms with Crippen molar-refractivity contribution in [1.82, 2.24) is 4.98 Å². The van der Waals surface area contributed by atoms with Crippen LogP contribution in [0.1, 0.15) is 59.8 Å². The molecule has 15 heteroatoms. The smallest absolute Gasteiger partial charge is 0.364 e. The zero-order valence-electron chi connectivity index (χ0n) is 28.0. The fourth-order valence-electron chi connectivity index (χ4n) is 5.62. The maximum absolute atomic E-state index is 13.1. The zero-order valence-corrected chi connectivity index (χ0v) is 28.8. The Morgan fingerprint density at radius 3 is 2.54 bits per heavy atom. The van der Waals surface area contributed by atoms with Gasteiger partial charge in [-0.3, -0.25) is 4.79 Å². The number of rotatable bonds is 10. The topological polar surface area (TPSA) is 199 Å². The second kappa shape index (κ2) is 14.5. The lowest BCUT2D eigenvalue weighted by Crippen LogP contribution is -2.65. The highest BCUT2D eigenvalue weighted by Crippen LogP contribution is 2.41. The molecule has 0 radical (unpaired) electrons. The van der Waals surface area contributed by atoms with Crippen molar-refractivity contribution in [3.63, 3.8) is 0 Å². The van der Waals surface area contributed by atoms with Crippen LogP contribution < -0.4 is 15.7 Å². The number of aromatic hydroxyl groups is 1.